The highest BCUT2D eigenvalue weighted by molar-refractivity contribution is 5.84. The number of nitrogens with zero attached hydrogens (tertiary/aromatic N) is 3. The number of para-hydroxylation sites is 2. The van der Waals surface area contributed by atoms with E-state index in [0.29, 0.717) is 0 Å². The van der Waals surface area contributed by atoms with Gasteiger partial charge in [-0.2, -0.15) is 0 Å². The summed E-state index contributed by atoms with van der Waals surface area (Å²) in [5, 5.41) is 0. The fraction of sp³-hybridized carbons (Fsp3) is 0.133. The predicted octanol–water partition coefficient (Wildman–Crippen LogP) is 7.05. The van der Waals surface area contributed by atoms with Gasteiger partial charge in [-0.15, -0.1) is 0 Å². The monoisotopic (exact) mass is 433 g/mol. The highest BCUT2D eigenvalue weighted by Gasteiger charge is 2.12. The predicted molar refractivity (Wildman–Crippen MR) is 144 cm³/mol. The minimum Gasteiger partial charge on any atom is -0.378 e. The van der Waals surface area contributed by atoms with Crippen molar-refractivity contribution >= 4 is 28.3 Å². The molecule has 0 spiro atoms. The summed E-state index contributed by atoms with van der Waals surface area (Å²) >= 11 is 0. The van der Waals surface area contributed by atoms with Crippen LogP contribution in [0.3, 0.4) is 0 Å². The Balaban J connectivity index is 1.87. The third-order valence-electron chi connectivity index (χ3n) is 5.72. The zero-order chi connectivity index (χ0) is 23.2. The zero-order valence-corrected chi connectivity index (χ0v) is 19.8. The van der Waals surface area contributed by atoms with Crippen LogP contribution in [0.2, 0.25) is 0 Å². The van der Waals surface area contributed by atoms with Crippen molar-refractivity contribution in [3.8, 4) is 0 Å². The normalized spacial score (nSPS) is 10.4. The summed E-state index contributed by atoms with van der Waals surface area (Å²) in [6.45, 7) is 0. The van der Waals surface area contributed by atoms with Crippen molar-refractivity contribution < 1.29 is 0 Å². The Kier molecular flexibility index (Phi) is 6.80. The Hall–Kier alpha value is -3.98. The lowest BCUT2D eigenvalue weighted by Gasteiger charge is -2.24. The first kappa shape index (κ1) is 22.2. The lowest BCUT2D eigenvalue weighted by molar-refractivity contribution is 1.13. The molecule has 0 amide bonds. The van der Waals surface area contributed by atoms with Crippen LogP contribution >= 0.6 is 0 Å². The van der Waals surface area contributed by atoms with Gasteiger partial charge < -0.3 is 14.7 Å². The number of hydrogen-bond donors (Lipinski definition) is 0. The van der Waals surface area contributed by atoms with Crippen molar-refractivity contribution in [3.05, 3.63) is 127 Å². The summed E-state index contributed by atoms with van der Waals surface area (Å²) in [6.07, 6.45) is 2.25. The van der Waals surface area contributed by atoms with Crippen LogP contribution in [0, 0.1) is 0 Å². The molecule has 0 unspecified atom stereocenters. The highest BCUT2D eigenvalue weighted by Crippen LogP contribution is 2.32. The summed E-state index contributed by atoms with van der Waals surface area (Å²) in [6, 6.07) is 38.5. The van der Waals surface area contributed by atoms with Gasteiger partial charge in [0.15, 0.2) is 0 Å². The maximum absolute atomic E-state index is 2.26. The molecule has 0 aliphatic rings. The van der Waals surface area contributed by atoms with E-state index in [9.17, 15) is 0 Å². The van der Waals surface area contributed by atoms with Gasteiger partial charge in [0.05, 0.1) is 0 Å². The van der Waals surface area contributed by atoms with Gasteiger partial charge in [-0.05, 0) is 59.7 Å². The molecule has 4 aromatic rings. The van der Waals surface area contributed by atoms with Crippen molar-refractivity contribution in [1.82, 2.24) is 0 Å². The lowest BCUT2D eigenvalue weighted by Crippen LogP contribution is -2.11. The fourth-order valence-corrected chi connectivity index (χ4v) is 3.80. The van der Waals surface area contributed by atoms with E-state index in [0.717, 1.165) is 11.4 Å². The number of anilines is 4. The van der Waals surface area contributed by atoms with E-state index >= 15 is 0 Å². The average molecular weight is 434 g/mol. The largest absolute Gasteiger partial charge is 0.378 e. The van der Waals surface area contributed by atoms with Gasteiger partial charge in [0.1, 0.15) is 0 Å². The van der Waals surface area contributed by atoms with Crippen molar-refractivity contribution in [1.29, 1.82) is 0 Å². The Morgan fingerprint density at radius 1 is 0.455 bits per heavy atom. The van der Waals surface area contributed by atoms with Gasteiger partial charge in [0, 0.05) is 62.7 Å². The first-order chi connectivity index (χ1) is 16.0. The molecule has 0 radical (unpaired) electrons. The molecule has 0 saturated heterocycles. The van der Waals surface area contributed by atoms with Gasteiger partial charge in [-0.1, -0.05) is 60.7 Å². The number of hydrogen-bond acceptors (Lipinski definition) is 3. The minimum absolute atomic E-state index is 1.12. The quantitative estimate of drug-likeness (QED) is 0.309. The molecule has 166 valence electrons. The van der Waals surface area contributed by atoms with E-state index in [4.69, 9.17) is 0 Å². The van der Waals surface area contributed by atoms with Crippen LogP contribution in [0.25, 0.3) is 5.57 Å². The molecule has 0 atom stereocenters. The molecule has 0 fully saturated rings. The second-order valence-electron chi connectivity index (χ2n) is 8.47. The van der Waals surface area contributed by atoms with E-state index in [1.807, 2.05) is 0 Å². The van der Waals surface area contributed by atoms with E-state index < -0.39 is 0 Å². The molecule has 0 heterocycles. The smallest absolute Gasteiger partial charge is 0.0455 e. The standard InChI is InChI=1S/C30H31N3/c1-31(2)26-19-15-24(16-20-26)30(25-17-21-27(22-18-25)32(3)4)23-33(28-11-7-5-8-12-28)29-13-9-6-10-14-29/h5-23H,1-4H3. The van der Waals surface area contributed by atoms with E-state index in [1.165, 1.54) is 28.1 Å². The van der Waals surface area contributed by atoms with Gasteiger partial charge in [-0.3, -0.25) is 0 Å². The molecule has 33 heavy (non-hydrogen) atoms. The molecule has 0 aromatic heterocycles. The molecule has 3 heteroatoms. The van der Waals surface area contributed by atoms with Gasteiger partial charge in [0.2, 0.25) is 0 Å². The van der Waals surface area contributed by atoms with Crippen molar-refractivity contribution in [2.24, 2.45) is 0 Å². The summed E-state index contributed by atoms with van der Waals surface area (Å²) in [4.78, 5) is 6.51. The van der Waals surface area contributed by atoms with Crippen molar-refractivity contribution in [2.75, 3.05) is 42.9 Å². The lowest BCUT2D eigenvalue weighted by atomic mass is 9.97. The summed E-state index contributed by atoms with van der Waals surface area (Å²) < 4.78 is 0. The zero-order valence-electron chi connectivity index (χ0n) is 19.8. The minimum atomic E-state index is 1.12. The number of rotatable bonds is 7. The Labute approximate surface area is 197 Å². The van der Waals surface area contributed by atoms with Crippen LogP contribution in [-0.4, -0.2) is 28.2 Å². The highest BCUT2D eigenvalue weighted by atomic mass is 15.1. The van der Waals surface area contributed by atoms with Crippen LogP contribution in [0.5, 0.6) is 0 Å². The summed E-state index contributed by atoms with van der Waals surface area (Å²) in [7, 11) is 8.27. The molecular formula is C30H31N3. The third kappa shape index (κ3) is 5.27. The average Bonchev–Trinajstić information content (AvgIpc) is 2.86. The second kappa shape index (κ2) is 10.1. The van der Waals surface area contributed by atoms with E-state index in [-0.39, 0.29) is 0 Å². The molecule has 4 aromatic carbocycles. The maximum Gasteiger partial charge on any atom is 0.0455 e. The van der Waals surface area contributed by atoms with Crippen molar-refractivity contribution in [2.45, 2.75) is 0 Å². The Bertz CT molecular complexity index is 1080. The van der Waals surface area contributed by atoms with Crippen LogP contribution in [0.15, 0.2) is 115 Å². The molecular weight excluding hydrogens is 402 g/mol. The van der Waals surface area contributed by atoms with Crippen LogP contribution in [-0.2, 0) is 0 Å². The molecule has 0 saturated carbocycles. The summed E-state index contributed by atoms with van der Waals surface area (Å²) in [5.41, 5.74) is 8.13. The van der Waals surface area contributed by atoms with E-state index in [1.54, 1.807) is 0 Å². The van der Waals surface area contributed by atoms with Crippen molar-refractivity contribution in [3.63, 3.8) is 0 Å². The molecule has 4 rings (SSSR count). The topological polar surface area (TPSA) is 9.72 Å². The maximum atomic E-state index is 2.26. The summed E-state index contributed by atoms with van der Waals surface area (Å²) in [5.74, 6) is 0. The van der Waals surface area contributed by atoms with Crippen LogP contribution in [0.4, 0.5) is 22.7 Å². The Morgan fingerprint density at radius 3 is 1.15 bits per heavy atom. The van der Waals surface area contributed by atoms with Crippen LogP contribution in [0.1, 0.15) is 11.1 Å². The van der Waals surface area contributed by atoms with E-state index in [2.05, 4.69) is 158 Å². The van der Waals surface area contributed by atoms with Gasteiger partial charge in [-0.25, -0.2) is 0 Å². The van der Waals surface area contributed by atoms with Gasteiger partial charge >= 0.3 is 0 Å². The SMILES string of the molecule is CN(C)c1ccc(C(=CN(c2ccccc2)c2ccccc2)c2ccc(N(C)C)cc2)cc1. The fourth-order valence-electron chi connectivity index (χ4n) is 3.80. The first-order valence-corrected chi connectivity index (χ1v) is 11.2. The number of benzene rings is 4. The van der Waals surface area contributed by atoms with Gasteiger partial charge in [0.25, 0.3) is 0 Å². The van der Waals surface area contributed by atoms with Crippen LogP contribution < -0.4 is 14.7 Å². The Morgan fingerprint density at radius 2 is 0.818 bits per heavy atom. The molecule has 3 nitrogen and oxygen atoms in total. The third-order valence-corrected chi connectivity index (χ3v) is 5.72. The molecule has 0 N–H and O–H groups in total. The second-order valence-corrected chi connectivity index (χ2v) is 8.47. The molecule has 0 aliphatic carbocycles. The molecule has 0 bridgehead atoms. The first-order valence-electron chi connectivity index (χ1n) is 11.2. The molecule has 0 aliphatic heterocycles.